The summed E-state index contributed by atoms with van der Waals surface area (Å²) in [7, 11) is 1.96. The summed E-state index contributed by atoms with van der Waals surface area (Å²) in [6.45, 7) is 10.9. The van der Waals surface area contributed by atoms with Gasteiger partial charge in [0.15, 0.2) is 0 Å². The first kappa shape index (κ1) is 27.0. The van der Waals surface area contributed by atoms with Crippen LogP contribution in [0.15, 0.2) is 36.8 Å². The van der Waals surface area contributed by atoms with Gasteiger partial charge >= 0.3 is 0 Å². The molecule has 0 aromatic carbocycles. The minimum atomic E-state index is -0.609. The smallest absolute Gasteiger partial charge is 0.247 e. The molecule has 1 amide bonds. The number of amides is 1. The highest BCUT2D eigenvalue weighted by atomic mass is 32.1. The lowest BCUT2D eigenvalue weighted by atomic mass is 9.91. The Labute approximate surface area is 219 Å². The number of nitrogens with one attached hydrogen (secondary N) is 2. The Morgan fingerprint density at radius 2 is 2.00 bits per heavy atom. The van der Waals surface area contributed by atoms with Crippen molar-refractivity contribution in [2.75, 3.05) is 22.6 Å². The second kappa shape index (κ2) is 10.6. The monoisotopic (exact) mass is 506 g/mol. The number of hydrogen-bond donors (Lipinski definition) is 2. The molecule has 36 heavy (non-hydrogen) atoms. The number of carbonyl (C=O) groups excluding carboxylic acids is 1. The van der Waals surface area contributed by atoms with E-state index in [1.807, 2.05) is 81.8 Å². The number of carbonyl (C=O) groups is 1. The molecule has 4 heterocycles. The molecule has 3 aromatic heterocycles. The van der Waals surface area contributed by atoms with E-state index in [0.717, 1.165) is 39.7 Å². The second-order valence-electron chi connectivity index (χ2n) is 9.96. The van der Waals surface area contributed by atoms with Gasteiger partial charge in [0.2, 0.25) is 5.91 Å². The molecule has 1 aliphatic rings. The zero-order valence-corrected chi connectivity index (χ0v) is 22.6. The number of nitrogens with zero attached hydrogens (tertiary/aromatic N) is 6. The van der Waals surface area contributed by atoms with Crippen LogP contribution in [0.4, 0.5) is 17.2 Å². The molecule has 0 fully saturated rings. The number of pyridine rings is 2. The zero-order valence-electron chi connectivity index (χ0n) is 21.6. The topological polar surface area (TPSA) is 112 Å². The van der Waals surface area contributed by atoms with Crippen LogP contribution >= 0.6 is 13.5 Å². The van der Waals surface area contributed by atoms with E-state index in [1.54, 1.807) is 6.20 Å². The van der Waals surface area contributed by atoms with Crippen LogP contribution in [0.3, 0.4) is 0 Å². The molecule has 0 radical (unpaired) electrons. The first-order valence-electron chi connectivity index (χ1n) is 11.8. The molecule has 190 valence electrons. The Kier molecular flexibility index (Phi) is 7.94. The lowest BCUT2D eigenvalue weighted by molar-refractivity contribution is -0.118. The minimum Gasteiger partial charge on any atom is -0.366 e. The third-order valence-electron chi connectivity index (χ3n) is 6.37. The summed E-state index contributed by atoms with van der Waals surface area (Å²) in [6.07, 6.45) is 5.63. The summed E-state index contributed by atoms with van der Waals surface area (Å²) >= 11 is 0. The molecule has 1 aliphatic heterocycles. The van der Waals surface area contributed by atoms with Gasteiger partial charge in [-0.2, -0.15) is 23.9 Å². The molecular formula is C26H34N8OS. The Bertz CT molecular complexity index is 1280. The van der Waals surface area contributed by atoms with Gasteiger partial charge in [-0.25, -0.2) is 4.98 Å². The Morgan fingerprint density at radius 3 is 2.64 bits per heavy atom. The van der Waals surface area contributed by atoms with Crippen molar-refractivity contribution in [2.45, 2.75) is 59.2 Å². The molecule has 0 saturated heterocycles. The maximum absolute atomic E-state index is 12.5. The minimum absolute atomic E-state index is 0. The van der Waals surface area contributed by atoms with Crippen LogP contribution < -0.4 is 15.5 Å². The van der Waals surface area contributed by atoms with Crippen LogP contribution in [0.1, 0.15) is 50.2 Å². The van der Waals surface area contributed by atoms with Crippen molar-refractivity contribution >= 4 is 36.6 Å². The van der Waals surface area contributed by atoms with Crippen molar-refractivity contribution < 1.29 is 4.79 Å². The van der Waals surface area contributed by atoms with Gasteiger partial charge in [0.25, 0.3) is 0 Å². The average molecular weight is 507 g/mol. The van der Waals surface area contributed by atoms with Crippen LogP contribution in [0, 0.1) is 24.2 Å². The fraction of sp³-hybridized carbons (Fsp3) is 0.423. The van der Waals surface area contributed by atoms with Crippen molar-refractivity contribution in [2.24, 2.45) is 5.92 Å². The van der Waals surface area contributed by atoms with Gasteiger partial charge < -0.3 is 15.5 Å². The van der Waals surface area contributed by atoms with Crippen molar-refractivity contribution in [1.29, 1.82) is 5.26 Å². The van der Waals surface area contributed by atoms with Crippen LogP contribution in [0.5, 0.6) is 0 Å². The van der Waals surface area contributed by atoms with Gasteiger partial charge in [0.05, 0.1) is 47.0 Å². The summed E-state index contributed by atoms with van der Waals surface area (Å²) < 4.78 is 1.87. The van der Waals surface area contributed by atoms with Crippen LogP contribution in [0.2, 0.25) is 0 Å². The highest BCUT2D eigenvalue weighted by molar-refractivity contribution is 7.59. The molecule has 9 nitrogen and oxygen atoms in total. The Hall–Kier alpha value is -3.58. The summed E-state index contributed by atoms with van der Waals surface area (Å²) in [4.78, 5) is 23.7. The number of aromatic nitrogens is 4. The first-order chi connectivity index (χ1) is 16.6. The fourth-order valence-electron chi connectivity index (χ4n) is 4.36. The maximum Gasteiger partial charge on any atom is 0.247 e. The third-order valence-corrected chi connectivity index (χ3v) is 6.37. The lowest BCUT2D eigenvalue weighted by Gasteiger charge is -2.38. The molecule has 1 atom stereocenters. The SMILES string of the molecule is Cc1nc(NCc2cnn(Cc3ccc(C(C)(C)C#N)nc3)c2)cc2c1NC(=O)[C@H](C(C)C)N2C.S. The molecule has 2 N–H and O–H groups in total. The number of nitriles is 1. The Morgan fingerprint density at radius 1 is 1.25 bits per heavy atom. The van der Waals surface area contributed by atoms with Gasteiger partial charge in [-0.05, 0) is 38.3 Å². The number of aryl methyl sites for hydroxylation is 1. The van der Waals surface area contributed by atoms with Crippen LogP contribution in [-0.4, -0.2) is 38.7 Å². The van der Waals surface area contributed by atoms with Gasteiger partial charge in [-0.1, -0.05) is 19.9 Å². The van der Waals surface area contributed by atoms with Gasteiger partial charge in [0.1, 0.15) is 11.9 Å². The van der Waals surface area contributed by atoms with Crippen molar-refractivity contribution in [3.05, 3.63) is 59.3 Å². The van der Waals surface area contributed by atoms with E-state index < -0.39 is 5.41 Å². The van der Waals surface area contributed by atoms with E-state index in [-0.39, 0.29) is 31.4 Å². The zero-order chi connectivity index (χ0) is 25.3. The quantitative estimate of drug-likeness (QED) is 0.499. The summed E-state index contributed by atoms with van der Waals surface area (Å²) in [5.74, 6) is 0.944. The number of anilines is 3. The molecule has 0 aliphatic carbocycles. The van der Waals surface area contributed by atoms with Crippen molar-refractivity contribution in [3.8, 4) is 6.07 Å². The number of likely N-dealkylation sites (N-methyl/N-ethyl adjacent to an activating group) is 1. The molecular weight excluding hydrogens is 472 g/mol. The third kappa shape index (κ3) is 5.46. The highest BCUT2D eigenvalue weighted by Gasteiger charge is 2.34. The standard InChI is InChI=1S/C26H32N8O.H2S/c1-16(2)24-25(35)32-23-17(3)31-22(9-20(23)33(24)6)29-11-19-12-30-34(14-19)13-18-7-8-21(28-10-18)26(4,5)15-27;/h7-10,12,14,16,24H,11,13H2,1-6H3,(H,29,31)(H,32,35);1H2/t24-;/m0./s1. The van der Waals surface area contributed by atoms with E-state index in [9.17, 15) is 10.1 Å². The predicted molar refractivity (Wildman–Crippen MR) is 147 cm³/mol. The molecule has 3 aromatic rings. The van der Waals surface area contributed by atoms with Crippen LogP contribution in [-0.2, 0) is 23.3 Å². The second-order valence-corrected chi connectivity index (χ2v) is 9.96. The molecule has 0 unspecified atom stereocenters. The van der Waals surface area contributed by atoms with Crippen molar-refractivity contribution in [1.82, 2.24) is 19.7 Å². The highest BCUT2D eigenvalue weighted by Crippen LogP contribution is 2.36. The summed E-state index contributed by atoms with van der Waals surface area (Å²) in [5.41, 5.74) is 4.70. The number of rotatable bonds is 7. The lowest BCUT2D eigenvalue weighted by Crippen LogP contribution is -2.49. The van der Waals surface area contributed by atoms with Gasteiger partial charge in [-0.15, -0.1) is 0 Å². The van der Waals surface area contributed by atoms with E-state index in [4.69, 9.17) is 0 Å². The van der Waals surface area contributed by atoms with E-state index >= 15 is 0 Å². The normalized spacial score (nSPS) is 15.1. The number of hydrogen-bond acceptors (Lipinski definition) is 7. The maximum atomic E-state index is 12.5. The summed E-state index contributed by atoms with van der Waals surface area (Å²) in [5, 5.41) is 20.2. The van der Waals surface area contributed by atoms with Gasteiger partial charge in [-0.3, -0.25) is 14.5 Å². The first-order valence-corrected chi connectivity index (χ1v) is 11.8. The van der Waals surface area contributed by atoms with E-state index in [2.05, 4.69) is 31.8 Å². The molecule has 10 heteroatoms. The van der Waals surface area contributed by atoms with Gasteiger partial charge in [0, 0.05) is 37.6 Å². The van der Waals surface area contributed by atoms with Crippen molar-refractivity contribution in [3.63, 3.8) is 0 Å². The molecule has 4 rings (SSSR count). The van der Waals surface area contributed by atoms with E-state index in [1.165, 1.54) is 0 Å². The molecule has 0 saturated carbocycles. The molecule has 0 bridgehead atoms. The predicted octanol–water partition coefficient (Wildman–Crippen LogP) is 3.97. The Balaban J connectivity index is 0.00000361. The summed E-state index contributed by atoms with van der Waals surface area (Å²) in [6, 6.07) is 7.93. The number of fused-ring (bicyclic) bond motifs is 1. The fourth-order valence-corrected chi connectivity index (χ4v) is 4.36. The average Bonchev–Trinajstić information content (AvgIpc) is 3.26. The van der Waals surface area contributed by atoms with E-state index in [0.29, 0.717) is 13.1 Å². The largest absolute Gasteiger partial charge is 0.366 e. The van der Waals surface area contributed by atoms with Crippen LogP contribution in [0.25, 0.3) is 0 Å². The molecule has 0 spiro atoms.